The Hall–Kier alpha value is -2.04. The van der Waals surface area contributed by atoms with Crippen LogP contribution in [-0.2, 0) is 4.79 Å². The lowest BCUT2D eigenvalue weighted by molar-refractivity contribution is -0.116. The fourth-order valence-corrected chi connectivity index (χ4v) is 3.06. The van der Waals surface area contributed by atoms with Gasteiger partial charge in [-0.1, -0.05) is 55.8 Å². The highest BCUT2D eigenvalue weighted by molar-refractivity contribution is 6.34. The van der Waals surface area contributed by atoms with Crippen LogP contribution in [0.2, 0.25) is 10.0 Å². The molecule has 0 unspecified atom stereocenters. The third-order valence-corrected chi connectivity index (χ3v) is 4.39. The van der Waals surface area contributed by atoms with Crippen LogP contribution >= 0.6 is 23.2 Å². The summed E-state index contributed by atoms with van der Waals surface area (Å²) in [5, 5.41) is 3.61. The Bertz CT molecular complexity index is 755. The summed E-state index contributed by atoms with van der Waals surface area (Å²) < 4.78 is 5.27. The molecule has 0 aliphatic rings. The number of unbranched alkanes of at least 4 members (excludes halogenated alkanes) is 4. The van der Waals surface area contributed by atoms with Crippen LogP contribution in [0.5, 0.6) is 5.75 Å². The predicted octanol–water partition coefficient (Wildman–Crippen LogP) is 6.51. The fraction of sp³-hybridized carbons (Fsp3) is 0.333. The molecule has 1 amide bonds. The highest BCUT2D eigenvalue weighted by Gasteiger charge is 2.10. The van der Waals surface area contributed by atoms with E-state index in [-0.39, 0.29) is 11.7 Å². The first-order valence-corrected chi connectivity index (χ1v) is 9.81. The van der Waals surface area contributed by atoms with Crippen molar-refractivity contribution in [1.82, 2.24) is 0 Å². The van der Waals surface area contributed by atoms with E-state index >= 15 is 0 Å². The minimum atomic E-state index is -0.526. The Labute approximate surface area is 169 Å². The van der Waals surface area contributed by atoms with Crippen LogP contribution in [0.4, 0.5) is 5.69 Å². The van der Waals surface area contributed by atoms with E-state index in [4.69, 9.17) is 27.9 Å². The summed E-state index contributed by atoms with van der Waals surface area (Å²) in [4.78, 5) is 24.1. The zero-order valence-electron chi connectivity index (χ0n) is 15.3. The summed E-state index contributed by atoms with van der Waals surface area (Å²) >= 11 is 11.8. The summed E-state index contributed by atoms with van der Waals surface area (Å²) in [7, 11) is 0. The minimum Gasteiger partial charge on any atom is -0.423 e. The number of esters is 1. The molecule has 0 aliphatic carbocycles. The van der Waals surface area contributed by atoms with Gasteiger partial charge in [0.2, 0.25) is 5.91 Å². The van der Waals surface area contributed by atoms with E-state index in [2.05, 4.69) is 12.2 Å². The Morgan fingerprint density at radius 1 is 0.926 bits per heavy atom. The highest BCUT2D eigenvalue weighted by Crippen LogP contribution is 2.25. The third kappa shape index (κ3) is 7.61. The van der Waals surface area contributed by atoms with E-state index in [0.717, 1.165) is 12.8 Å². The fourth-order valence-electron chi connectivity index (χ4n) is 2.56. The number of ether oxygens (including phenoxy) is 1. The molecular weight excluding hydrogens is 385 g/mol. The van der Waals surface area contributed by atoms with Crippen LogP contribution in [-0.4, -0.2) is 11.9 Å². The maximum absolute atomic E-state index is 12.2. The lowest BCUT2D eigenvalue weighted by atomic mass is 10.1. The molecule has 6 heteroatoms. The number of benzene rings is 2. The first-order valence-electron chi connectivity index (χ1n) is 9.06. The van der Waals surface area contributed by atoms with Crippen LogP contribution in [0.3, 0.4) is 0 Å². The molecule has 0 heterocycles. The average molecular weight is 408 g/mol. The zero-order valence-corrected chi connectivity index (χ0v) is 16.8. The van der Waals surface area contributed by atoms with E-state index in [1.54, 1.807) is 30.3 Å². The topological polar surface area (TPSA) is 55.4 Å². The first-order chi connectivity index (χ1) is 13.0. The molecule has 2 aromatic carbocycles. The van der Waals surface area contributed by atoms with Crippen LogP contribution in [0.15, 0.2) is 42.5 Å². The maximum atomic E-state index is 12.2. The van der Waals surface area contributed by atoms with Crippen LogP contribution in [0.25, 0.3) is 0 Å². The van der Waals surface area contributed by atoms with E-state index < -0.39 is 5.97 Å². The number of halogens is 2. The molecule has 27 heavy (non-hydrogen) atoms. The Kier molecular flexibility index (Phi) is 8.62. The van der Waals surface area contributed by atoms with Gasteiger partial charge in [0.25, 0.3) is 0 Å². The molecule has 0 saturated carbocycles. The van der Waals surface area contributed by atoms with Gasteiger partial charge < -0.3 is 10.1 Å². The van der Waals surface area contributed by atoms with E-state index in [0.29, 0.717) is 27.7 Å². The van der Waals surface area contributed by atoms with Gasteiger partial charge in [0.1, 0.15) is 5.75 Å². The number of carbonyl (C=O) groups is 2. The molecule has 4 nitrogen and oxygen atoms in total. The summed E-state index contributed by atoms with van der Waals surface area (Å²) in [6, 6.07) is 11.1. The van der Waals surface area contributed by atoms with E-state index in [1.165, 1.54) is 31.4 Å². The van der Waals surface area contributed by atoms with Gasteiger partial charge in [-0.25, -0.2) is 4.79 Å². The summed E-state index contributed by atoms with van der Waals surface area (Å²) in [5.74, 6) is -0.268. The van der Waals surface area contributed by atoms with Crippen molar-refractivity contribution in [3.05, 3.63) is 58.1 Å². The van der Waals surface area contributed by atoms with E-state index in [1.807, 2.05) is 0 Å². The predicted molar refractivity (Wildman–Crippen MR) is 110 cm³/mol. The molecule has 0 aromatic heterocycles. The quantitative estimate of drug-likeness (QED) is 0.292. The van der Waals surface area contributed by atoms with Crippen LogP contribution in [0.1, 0.15) is 55.8 Å². The average Bonchev–Trinajstić information content (AvgIpc) is 2.61. The van der Waals surface area contributed by atoms with Crippen molar-refractivity contribution in [2.75, 3.05) is 5.32 Å². The molecule has 0 atom stereocenters. The molecule has 2 rings (SSSR count). The number of anilines is 1. The van der Waals surface area contributed by atoms with Crippen molar-refractivity contribution in [3.63, 3.8) is 0 Å². The lowest BCUT2D eigenvalue weighted by Crippen LogP contribution is -2.12. The van der Waals surface area contributed by atoms with Crippen LogP contribution < -0.4 is 10.1 Å². The SMILES string of the molecule is CCCCCCCC(=O)Nc1ccc(C(=O)Oc2cc(Cl)cc(Cl)c2)cc1. The number of hydrogen-bond donors (Lipinski definition) is 1. The number of hydrogen-bond acceptors (Lipinski definition) is 3. The molecule has 2 aromatic rings. The monoisotopic (exact) mass is 407 g/mol. The van der Waals surface area contributed by atoms with Gasteiger partial charge in [-0.15, -0.1) is 0 Å². The van der Waals surface area contributed by atoms with Gasteiger partial charge in [-0.2, -0.15) is 0 Å². The Balaban J connectivity index is 1.85. The van der Waals surface area contributed by atoms with Crippen molar-refractivity contribution < 1.29 is 14.3 Å². The molecule has 0 spiro atoms. The molecule has 144 valence electrons. The zero-order chi connectivity index (χ0) is 19.6. The van der Waals surface area contributed by atoms with Crippen molar-refractivity contribution in [2.24, 2.45) is 0 Å². The van der Waals surface area contributed by atoms with Gasteiger partial charge in [0, 0.05) is 22.2 Å². The molecule has 0 saturated heterocycles. The van der Waals surface area contributed by atoms with Crippen molar-refractivity contribution >= 4 is 40.8 Å². The van der Waals surface area contributed by atoms with E-state index in [9.17, 15) is 9.59 Å². The smallest absolute Gasteiger partial charge is 0.343 e. The number of rotatable bonds is 9. The van der Waals surface area contributed by atoms with Crippen molar-refractivity contribution in [3.8, 4) is 5.75 Å². The molecular formula is C21H23Cl2NO3. The molecule has 1 N–H and O–H groups in total. The van der Waals surface area contributed by atoms with Crippen LogP contribution in [0, 0.1) is 0 Å². The van der Waals surface area contributed by atoms with Gasteiger partial charge in [0.15, 0.2) is 0 Å². The largest absolute Gasteiger partial charge is 0.423 e. The minimum absolute atomic E-state index is 0.0182. The van der Waals surface area contributed by atoms with Gasteiger partial charge >= 0.3 is 5.97 Å². The third-order valence-electron chi connectivity index (χ3n) is 3.96. The normalized spacial score (nSPS) is 10.5. The Morgan fingerprint density at radius 3 is 2.19 bits per heavy atom. The highest BCUT2D eigenvalue weighted by atomic mass is 35.5. The lowest BCUT2D eigenvalue weighted by Gasteiger charge is -2.08. The second-order valence-electron chi connectivity index (χ2n) is 6.28. The van der Waals surface area contributed by atoms with Crippen molar-refractivity contribution in [2.45, 2.75) is 45.4 Å². The summed E-state index contributed by atoms with van der Waals surface area (Å²) in [6.07, 6.45) is 6.02. The molecule has 0 radical (unpaired) electrons. The second kappa shape index (κ2) is 11.0. The van der Waals surface area contributed by atoms with Gasteiger partial charge in [0.05, 0.1) is 5.56 Å². The van der Waals surface area contributed by atoms with Crippen molar-refractivity contribution in [1.29, 1.82) is 0 Å². The summed E-state index contributed by atoms with van der Waals surface area (Å²) in [5.41, 5.74) is 1.01. The second-order valence-corrected chi connectivity index (χ2v) is 7.16. The van der Waals surface area contributed by atoms with Gasteiger partial charge in [-0.3, -0.25) is 4.79 Å². The molecule has 0 fully saturated rings. The number of nitrogens with one attached hydrogen (secondary N) is 1. The number of carbonyl (C=O) groups excluding carboxylic acids is 2. The Morgan fingerprint density at radius 2 is 1.56 bits per heavy atom. The molecule has 0 aliphatic heterocycles. The molecule has 0 bridgehead atoms. The number of amides is 1. The van der Waals surface area contributed by atoms with Gasteiger partial charge in [-0.05, 0) is 48.9 Å². The standard InChI is InChI=1S/C21H23Cl2NO3/c1-2-3-4-5-6-7-20(25)24-18-10-8-15(9-11-18)21(26)27-19-13-16(22)12-17(23)14-19/h8-14H,2-7H2,1H3,(H,24,25). The summed E-state index contributed by atoms with van der Waals surface area (Å²) in [6.45, 7) is 2.16. The maximum Gasteiger partial charge on any atom is 0.343 e. The first kappa shape index (κ1) is 21.3.